The minimum absolute atomic E-state index is 0.0158. The second kappa shape index (κ2) is 8.74. The van der Waals surface area contributed by atoms with Crippen molar-refractivity contribution in [2.75, 3.05) is 6.54 Å². The van der Waals surface area contributed by atoms with E-state index in [0.717, 1.165) is 33.6 Å². The van der Waals surface area contributed by atoms with Gasteiger partial charge in [0.1, 0.15) is 34.9 Å². The van der Waals surface area contributed by atoms with Crippen LogP contribution in [-0.4, -0.2) is 42.3 Å². The summed E-state index contributed by atoms with van der Waals surface area (Å²) in [6.07, 6.45) is 3.57. The summed E-state index contributed by atoms with van der Waals surface area (Å²) in [6, 6.07) is 12.8. The fraction of sp³-hybridized carbons (Fsp3) is 0.292. The third-order valence-electron chi connectivity index (χ3n) is 6.29. The zero-order valence-corrected chi connectivity index (χ0v) is 18.8. The van der Waals surface area contributed by atoms with Crippen molar-refractivity contribution in [2.24, 2.45) is 0 Å². The van der Waals surface area contributed by atoms with Crippen LogP contribution in [0.15, 0.2) is 61.2 Å². The van der Waals surface area contributed by atoms with E-state index in [1.54, 1.807) is 11.3 Å². The molecule has 1 aliphatic rings. The monoisotopic (exact) mass is 467 g/mol. The van der Waals surface area contributed by atoms with E-state index in [2.05, 4.69) is 15.0 Å². The minimum Gasteiger partial charge on any atom is -0.381 e. The number of halogens is 2. The average molecular weight is 468 g/mol. The molecule has 5 rings (SSSR count). The van der Waals surface area contributed by atoms with Crippen molar-refractivity contribution in [3.8, 4) is 10.6 Å². The maximum atomic E-state index is 14.9. The molecule has 3 heterocycles. The predicted molar refractivity (Wildman–Crippen MR) is 121 cm³/mol. The summed E-state index contributed by atoms with van der Waals surface area (Å²) in [4.78, 5) is 12.0. The molecule has 0 saturated carbocycles. The van der Waals surface area contributed by atoms with Gasteiger partial charge in [-0.15, -0.1) is 11.3 Å². The van der Waals surface area contributed by atoms with Crippen molar-refractivity contribution in [1.29, 1.82) is 0 Å². The van der Waals surface area contributed by atoms with E-state index >= 15 is 0 Å². The van der Waals surface area contributed by atoms with Gasteiger partial charge < -0.3 is 5.11 Å². The van der Waals surface area contributed by atoms with E-state index in [9.17, 15) is 13.9 Å². The molecule has 0 radical (unpaired) electrons. The Labute approximate surface area is 194 Å². The summed E-state index contributed by atoms with van der Waals surface area (Å²) in [5.41, 5.74) is 0.519. The van der Waals surface area contributed by atoms with Crippen LogP contribution in [0.4, 0.5) is 8.78 Å². The first-order chi connectivity index (χ1) is 15.9. The number of aromatic nitrogens is 4. The molecule has 6 nitrogen and oxygen atoms in total. The number of nitrogens with zero attached hydrogens (tertiary/aromatic N) is 5. The van der Waals surface area contributed by atoms with Crippen LogP contribution in [0.2, 0.25) is 0 Å². The van der Waals surface area contributed by atoms with Gasteiger partial charge in [0.05, 0.1) is 12.2 Å². The van der Waals surface area contributed by atoms with E-state index in [1.807, 2.05) is 37.3 Å². The highest BCUT2D eigenvalue weighted by molar-refractivity contribution is 7.15. The second-order valence-electron chi connectivity index (χ2n) is 8.29. The number of thiazole rings is 1. The van der Waals surface area contributed by atoms with Gasteiger partial charge in [-0.05, 0) is 13.0 Å². The van der Waals surface area contributed by atoms with Crippen LogP contribution in [0, 0.1) is 11.6 Å². The molecule has 0 saturated heterocycles. The molecule has 170 valence electrons. The zero-order chi connectivity index (χ0) is 23.0. The third kappa shape index (κ3) is 4.19. The van der Waals surface area contributed by atoms with E-state index in [4.69, 9.17) is 4.98 Å². The van der Waals surface area contributed by atoms with E-state index in [-0.39, 0.29) is 12.1 Å². The summed E-state index contributed by atoms with van der Waals surface area (Å²) in [6.45, 7) is 3.10. The van der Waals surface area contributed by atoms with Crippen LogP contribution in [0.5, 0.6) is 0 Å². The molecule has 2 atom stereocenters. The predicted octanol–water partition coefficient (Wildman–Crippen LogP) is 4.01. The number of benzene rings is 2. The molecule has 4 aromatic rings. The van der Waals surface area contributed by atoms with Gasteiger partial charge in [-0.1, -0.05) is 36.4 Å². The first-order valence-corrected chi connectivity index (χ1v) is 11.5. The lowest BCUT2D eigenvalue weighted by Crippen LogP contribution is -2.53. The molecule has 2 aromatic carbocycles. The second-order valence-corrected chi connectivity index (χ2v) is 9.38. The zero-order valence-electron chi connectivity index (χ0n) is 18.0. The molecule has 0 amide bonds. The molecule has 0 fully saturated rings. The van der Waals surface area contributed by atoms with Crippen molar-refractivity contribution in [1.82, 2.24) is 24.6 Å². The normalized spacial score (nSPS) is 16.8. The van der Waals surface area contributed by atoms with Crippen molar-refractivity contribution >= 4 is 11.3 Å². The molecule has 0 aliphatic carbocycles. The highest BCUT2D eigenvalue weighted by Gasteiger charge is 2.43. The highest BCUT2D eigenvalue weighted by Crippen LogP contribution is 2.37. The Morgan fingerprint density at radius 1 is 1.18 bits per heavy atom. The SMILES string of the molecule is CC(N1CCc2nc(-c3ccccc3)sc2C1)C(O)(Cn1cncn1)c1ccc(F)cc1F. The number of fused-ring (bicyclic) bond motifs is 1. The Balaban J connectivity index is 1.46. The Morgan fingerprint density at radius 2 is 2.00 bits per heavy atom. The summed E-state index contributed by atoms with van der Waals surface area (Å²) in [7, 11) is 0. The molecule has 9 heteroatoms. The number of hydrogen-bond donors (Lipinski definition) is 1. The van der Waals surface area contributed by atoms with Gasteiger partial charge in [-0.25, -0.2) is 23.4 Å². The first kappa shape index (κ1) is 21.8. The molecular weight excluding hydrogens is 444 g/mol. The lowest BCUT2D eigenvalue weighted by atomic mass is 9.85. The van der Waals surface area contributed by atoms with Crippen LogP contribution in [0.25, 0.3) is 10.6 Å². The Morgan fingerprint density at radius 3 is 2.73 bits per heavy atom. The van der Waals surface area contributed by atoms with Gasteiger partial charge in [0.25, 0.3) is 0 Å². The molecule has 1 aliphatic heterocycles. The quantitative estimate of drug-likeness (QED) is 0.464. The Hall–Kier alpha value is -3.01. The number of aliphatic hydroxyl groups is 1. The van der Waals surface area contributed by atoms with Gasteiger partial charge in [-0.2, -0.15) is 5.10 Å². The van der Waals surface area contributed by atoms with Crippen molar-refractivity contribution in [3.63, 3.8) is 0 Å². The molecule has 33 heavy (non-hydrogen) atoms. The van der Waals surface area contributed by atoms with Crippen molar-refractivity contribution in [3.05, 3.63) is 89.0 Å². The minimum atomic E-state index is -1.66. The number of rotatable bonds is 6. The maximum absolute atomic E-state index is 14.9. The summed E-state index contributed by atoms with van der Waals surface area (Å²) >= 11 is 1.64. The van der Waals surface area contributed by atoms with E-state index in [0.29, 0.717) is 13.1 Å². The van der Waals surface area contributed by atoms with Gasteiger partial charge >= 0.3 is 0 Å². The van der Waals surface area contributed by atoms with Gasteiger partial charge in [0.2, 0.25) is 0 Å². The van der Waals surface area contributed by atoms with E-state index < -0.39 is 23.3 Å². The van der Waals surface area contributed by atoms with Gasteiger partial charge in [-0.3, -0.25) is 4.90 Å². The van der Waals surface area contributed by atoms with Crippen molar-refractivity contribution < 1.29 is 13.9 Å². The standard InChI is InChI=1S/C24H23F2N5OS/c1-16(24(32,13-31-15-27-14-28-31)19-8-7-18(25)11-20(19)26)30-10-9-21-22(12-30)33-23(29-21)17-5-3-2-4-6-17/h2-8,11,14-16,32H,9-10,12-13H2,1H3. The maximum Gasteiger partial charge on any atom is 0.137 e. The van der Waals surface area contributed by atoms with Gasteiger partial charge in [0, 0.05) is 47.6 Å². The molecule has 2 aromatic heterocycles. The fourth-order valence-electron chi connectivity index (χ4n) is 4.40. The topological polar surface area (TPSA) is 67.1 Å². The smallest absolute Gasteiger partial charge is 0.137 e. The van der Waals surface area contributed by atoms with Gasteiger partial charge in [0.15, 0.2) is 0 Å². The molecule has 1 N–H and O–H groups in total. The average Bonchev–Trinajstić information content (AvgIpc) is 3.48. The fourth-order valence-corrected chi connectivity index (χ4v) is 5.54. The lowest BCUT2D eigenvalue weighted by molar-refractivity contribution is -0.0675. The van der Waals surface area contributed by atoms with Crippen LogP contribution >= 0.6 is 11.3 Å². The van der Waals surface area contributed by atoms with Crippen LogP contribution < -0.4 is 0 Å². The largest absolute Gasteiger partial charge is 0.381 e. The lowest BCUT2D eigenvalue weighted by Gasteiger charge is -2.42. The Kier molecular flexibility index (Phi) is 5.77. The molecule has 2 unspecified atom stereocenters. The Bertz CT molecular complexity index is 1250. The molecule has 0 bridgehead atoms. The highest BCUT2D eigenvalue weighted by atomic mass is 32.1. The van der Waals surface area contributed by atoms with Crippen molar-refractivity contribution in [2.45, 2.75) is 38.1 Å². The first-order valence-electron chi connectivity index (χ1n) is 10.7. The summed E-state index contributed by atoms with van der Waals surface area (Å²) in [5, 5.41) is 16.9. The third-order valence-corrected chi connectivity index (χ3v) is 7.42. The summed E-state index contributed by atoms with van der Waals surface area (Å²) < 4.78 is 29.9. The molecular formula is C24H23F2N5OS. The van der Waals surface area contributed by atoms with Crippen LogP contribution in [-0.2, 0) is 25.1 Å². The molecule has 0 spiro atoms. The number of hydrogen-bond acceptors (Lipinski definition) is 6. The summed E-state index contributed by atoms with van der Waals surface area (Å²) in [5.74, 6) is -1.47. The van der Waals surface area contributed by atoms with Crippen LogP contribution in [0.3, 0.4) is 0 Å². The van der Waals surface area contributed by atoms with E-state index in [1.165, 1.54) is 29.5 Å². The van der Waals surface area contributed by atoms with Crippen LogP contribution in [0.1, 0.15) is 23.1 Å².